The van der Waals surface area contributed by atoms with E-state index in [1.807, 2.05) is 32.0 Å². The number of ether oxygens (including phenoxy) is 1. The zero-order valence-electron chi connectivity index (χ0n) is 16.4. The molecule has 5 rings (SSSR count). The van der Waals surface area contributed by atoms with Gasteiger partial charge >= 0.3 is 0 Å². The van der Waals surface area contributed by atoms with Crippen LogP contribution in [-0.2, 0) is 4.79 Å². The number of nitrogens with one attached hydrogen (secondary N) is 2. The van der Waals surface area contributed by atoms with Gasteiger partial charge in [-0.1, -0.05) is 6.07 Å². The smallest absolute Gasteiger partial charge is 0.267 e. The average molecular weight is 378 g/mol. The molecule has 0 aliphatic carbocycles. The number of anilines is 3. The maximum Gasteiger partial charge on any atom is 0.267 e. The highest BCUT2D eigenvalue weighted by atomic mass is 16.5. The molecule has 1 aromatic heterocycles. The van der Waals surface area contributed by atoms with Gasteiger partial charge in [-0.2, -0.15) is 0 Å². The van der Waals surface area contributed by atoms with Gasteiger partial charge in [0.25, 0.3) is 5.91 Å². The zero-order chi connectivity index (χ0) is 19.3. The van der Waals surface area contributed by atoms with Crippen LogP contribution in [0.15, 0.2) is 30.5 Å². The van der Waals surface area contributed by atoms with E-state index in [-0.39, 0.29) is 5.91 Å². The molecule has 0 radical (unpaired) electrons. The standard InChI is InChI=1S/C22H26N4O2/c1-13-3-8-17-19(9-13)28-20(12-23-17)22(27)25-18-11-24-21(10-14(18)2)26-15-4-5-16(26)7-6-15/h3,8-11,15-16,20,23H,4-7,12H2,1-2H3,(H,25,27). The number of amides is 1. The molecule has 28 heavy (non-hydrogen) atoms. The second kappa shape index (κ2) is 6.69. The summed E-state index contributed by atoms with van der Waals surface area (Å²) in [5.41, 5.74) is 3.81. The number of nitrogens with zero attached hydrogens (tertiary/aromatic N) is 2. The highest BCUT2D eigenvalue weighted by molar-refractivity contribution is 5.96. The first kappa shape index (κ1) is 17.3. The fourth-order valence-corrected chi connectivity index (χ4v) is 4.73. The summed E-state index contributed by atoms with van der Waals surface area (Å²) in [6, 6.07) is 9.35. The number of aromatic nitrogens is 1. The Kier molecular flexibility index (Phi) is 4.14. The van der Waals surface area contributed by atoms with E-state index in [4.69, 9.17) is 4.74 Å². The highest BCUT2D eigenvalue weighted by Gasteiger charge is 2.40. The first-order valence-corrected chi connectivity index (χ1v) is 10.2. The Balaban J connectivity index is 1.29. The third-order valence-corrected chi connectivity index (χ3v) is 6.25. The average Bonchev–Trinajstić information content (AvgIpc) is 3.29. The molecule has 1 atom stereocenters. The Morgan fingerprint density at radius 3 is 2.64 bits per heavy atom. The van der Waals surface area contributed by atoms with Gasteiger partial charge in [0, 0.05) is 12.1 Å². The number of rotatable bonds is 3. The predicted octanol–water partition coefficient (Wildman–Crippen LogP) is 3.64. The third-order valence-electron chi connectivity index (χ3n) is 6.25. The van der Waals surface area contributed by atoms with Crippen LogP contribution in [0.5, 0.6) is 5.75 Å². The number of benzene rings is 1. The van der Waals surface area contributed by atoms with Crippen LogP contribution in [0, 0.1) is 13.8 Å². The summed E-state index contributed by atoms with van der Waals surface area (Å²) in [5, 5.41) is 6.27. The summed E-state index contributed by atoms with van der Waals surface area (Å²) < 4.78 is 5.92. The van der Waals surface area contributed by atoms with Gasteiger partial charge in [-0.05, 0) is 68.9 Å². The number of fused-ring (bicyclic) bond motifs is 3. The molecule has 2 N–H and O–H groups in total. The highest BCUT2D eigenvalue weighted by Crippen LogP contribution is 2.40. The first-order valence-electron chi connectivity index (χ1n) is 10.2. The molecule has 6 heteroatoms. The normalized spacial score (nSPS) is 25.1. The number of carbonyl (C=O) groups is 1. The van der Waals surface area contributed by atoms with Crippen molar-refractivity contribution in [2.45, 2.75) is 57.7 Å². The lowest BCUT2D eigenvalue weighted by Gasteiger charge is -2.27. The van der Waals surface area contributed by atoms with Gasteiger partial charge in [-0.25, -0.2) is 4.98 Å². The Morgan fingerprint density at radius 2 is 1.93 bits per heavy atom. The van der Waals surface area contributed by atoms with Gasteiger partial charge < -0.3 is 20.3 Å². The zero-order valence-corrected chi connectivity index (χ0v) is 16.4. The molecule has 1 aromatic carbocycles. The molecular weight excluding hydrogens is 352 g/mol. The lowest BCUT2D eigenvalue weighted by molar-refractivity contribution is -0.122. The molecule has 1 unspecified atom stereocenters. The van der Waals surface area contributed by atoms with E-state index in [1.54, 1.807) is 6.20 Å². The molecule has 0 spiro atoms. The molecule has 1 amide bonds. The Labute approximate surface area is 165 Å². The van der Waals surface area contributed by atoms with Crippen molar-refractivity contribution >= 4 is 23.1 Å². The van der Waals surface area contributed by atoms with Gasteiger partial charge in [-0.15, -0.1) is 0 Å². The molecular formula is C22H26N4O2. The van der Waals surface area contributed by atoms with Crippen LogP contribution in [0.4, 0.5) is 17.2 Å². The van der Waals surface area contributed by atoms with Crippen LogP contribution in [0.25, 0.3) is 0 Å². The first-order chi connectivity index (χ1) is 13.6. The largest absolute Gasteiger partial charge is 0.477 e. The molecule has 2 bridgehead atoms. The van der Waals surface area contributed by atoms with E-state index in [1.165, 1.54) is 25.7 Å². The van der Waals surface area contributed by atoms with E-state index >= 15 is 0 Å². The van der Waals surface area contributed by atoms with Crippen molar-refractivity contribution in [3.05, 3.63) is 41.6 Å². The van der Waals surface area contributed by atoms with E-state index < -0.39 is 6.10 Å². The van der Waals surface area contributed by atoms with E-state index in [0.29, 0.717) is 18.6 Å². The van der Waals surface area contributed by atoms with Crippen molar-refractivity contribution in [1.82, 2.24) is 4.98 Å². The quantitative estimate of drug-likeness (QED) is 0.854. The minimum absolute atomic E-state index is 0.154. The van der Waals surface area contributed by atoms with E-state index in [0.717, 1.165) is 34.1 Å². The second-order valence-electron chi connectivity index (χ2n) is 8.20. The van der Waals surface area contributed by atoms with Crippen LogP contribution in [0.2, 0.25) is 0 Å². The summed E-state index contributed by atoms with van der Waals surface area (Å²) in [6.45, 7) is 4.48. The Bertz CT molecular complexity index is 909. The summed E-state index contributed by atoms with van der Waals surface area (Å²) in [7, 11) is 0. The van der Waals surface area contributed by atoms with Crippen LogP contribution in [-0.4, -0.2) is 35.6 Å². The molecule has 4 heterocycles. The van der Waals surface area contributed by atoms with Gasteiger partial charge in [0.15, 0.2) is 6.10 Å². The van der Waals surface area contributed by atoms with Gasteiger partial charge in [0.1, 0.15) is 11.6 Å². The number of carbonyl (C=O) groups excluding carboxylic acids is 1. The summed E-state index contributed by atoms with van der Waals surface area (Å²) in [6.07, 6.45) is 6.32. The van der Waals surface area contributed by atoms with Gasteiger partial charge in [0.2, 0.25) is 0 Å². The molecule has 2 saturated heterocycles. The lowest BCUT2D eigenvalue weighted by Crippen LogP contribution is -2.41. The van der Waals surface area contributed by atoms with E-state index in [9.17, 15) is 4.79 Å². The van der Waals surface area contributed by atoms with Crippen LogP contribution < -0.4 is 20.3 Å². The summed E-state index contributed by atoms with van der Waals surface area (Å²) in [4.78, 5) is 19.9. The Hall–Kier alpha value is -2.76. The van der Waals surface area contributed by atoms with Crippen molar-refractivity contribution in [2.75, 3.05) is 22.1 Å². The lowest BCUT2D eigenvalue weighted by atomic mass is 10.0. The number of hydrogen-bond acceptors (Lipinski definition) is 5. The maximum atomic E-state index is 12.8. The molecule has 146 valence electrons. The summed E-state index contributed by atoms with van der Waals surface area (Å²) in [5.74, 6) is 1.61. The fraction of sp³-hybridized carbons (Fsp3) is 0.455. The molecule has 0 saturated carbocycles. The number of hydrogen-bond donors (Lipinski definition) is 2. The number of aryl methyl sites for hydroxylation is 2. The molecule has 2 fully saturated rings. The maximum absolute atomic E-state index is 12.8. The third kappa shape index (κ3) is 2.97. The SMILES string of the molecule is Cc1ccc2c(c1)OC(C(=O)Nc1cnc(N3C4CCC3CC4)cc1C)CN2. The van der Waals surface area contributed by atoms with Gasteiger partial charge in [-0.3, -0.25) is 4.79 Å². The minimum Gasteiger partial charge on any atom is -0.477 e. The van der Waals surface area contributed by atoms with Crippen LogP contribution >= 0.6 is 0 Å². The topological polar surface area (TPSA) is 66.5 Å². The predicted molar refractivity (Wildman–Crippen MR) is 110 cm³/mol. The minimum atomic E-state index is -0.567. The molecule has 6 nitrogen and oxygen atoms in total. The van der Waals surface area contributed by atoms with Crippen molar-refractivity contribution in [3.63, 3.8) is 0 Å². The van der Waals surface area contributed by atoms with Crippen LogP contribution in [0.1, 0.15) is 36.8 Å². The van der Waals surface area contributed by atoms with Crippen molar-refractivity contribution in [3.8, 4) is 5.75 Å². The second-order valence-corrected chi connectivity index (χ2v) is 8.20. The van der Waals surface area contributed by atoms with Crippen molar-refractivity contribution in [2.24, 2.45) is 0 Å². The van der Waals surface area contributed by atoms with Crippen molar-refractivity contribution < 1.29 is 9.53 Å². The monoisotopic (exact) mass is 378 g/mol. The van der Waals surface area contributed by atoms with Gasteiger partial charge in [0.05, 0.1) is 24.1 Å². The van der Waals surface area contributed by atoms with Crippen molar-refractivity contribution in [1.29, 1.82) is 0 Å². The molecule has 2 aromatic rings. The molecule has 3 aliphatic heterocycles. The van der Waals surface area contributed by atoms with Crippen LogP contribution in [0.3, 0.4) is 0 Å². The molecule has 3 aliphatic rings. The number of pyridine rings is 1. The van der Waals surface area contributed by atoms with E-state index in [2.05, 4.69) is 26.6 Å². The summed E-state index contributed by atoms with van der Waals surface area (Å²) >= 11 is 0. The Morgan fingerprint density at radius 1 is 1.18 bits per heavy atom. The fourth-order valence-electron chi connectivity index (χ4n) is 4.73.